The molecular formula is C19H26O6. The van der Waals surface area contributed by atoms with Crippen molar-refractivity contribution in [3.8, 4) is 0 Å². The van der Waals surface area contributed by atoms with Gasteiger partial charge in [0.1, 0.15) is 24.4 Å². The maximum atomic E-state index is 6.14. The average molecular weight is 350 g/mol. The Hall–Kier alpha value is -1.02. The maximum Gasteiger partial charge on any atom is 0.187 e. The molecule has 138 valence electrons. The molecule has 0 aliphatic carbocycles. The lowest BCUT2D eigenvalue weighted by atomic mass is 10.1. The maximum absolute atomic E-state index is 6.14. The fourth-order valence-electron chi connectivity index (χ4n) is 3.65. The lowest BCUT2D eigenvalue weighted by Crippen LogP contribution is -2.40. The Bertz CT molecular complexity index is 601. The molecule has 3 saturated heterocycles. The molecule has 3 aliphatic rings. The molecule has 1 aromatic carbocycles. The van der Waals surface area contributed by atoms with E-state index >= 15 is 0 Å². The molecule has 0 N–H and O–H groups in total. The van der Waals surface area contributed by atoms with E-state index in [1.165, 1.54) is 0 Å². The number of rotatable bonds is 4. The van der Waals surface area contributed by atoms with Gasteiger partial charge in [-0.25, -0.2) is 0 Å². The van der Waals surface area contributed by atoms with Crippen LogP contribution in [0.15, 0.2) is 30.3 Å². The summed E-state index contributed by atoms with van der Waals surface area (Å²) in [5, 5.41) is 0. The second-order valence-electron chi connectivity index (χ2n) is 7.70. The largest absolute Gasteiger partial charge is 0.348 e. The first kappa shape index (κ1) is 17.4. The van der Waals surface area contributed by atoms with Gasteiger partial charge in [0, 0.05) is 0 Å². The Kier molecular flexibility index (Phi) is 4.38. The van der Waals surface area contributed by atoms with Gasteiger partial charge in [-0.05, 0) is 33.3 Å². The van der Waals surface area contributed by atoms with Crippen LogP contribution in [0, 0.1) is 0 Å². The van der Waals surface area contributed by atoms with Gasteiger partial charge in [0.25, 0.3) is 0 Å². The van der Waals surface area contributed by atoms with Gasteiger partial charge in [-0.1, -0.05) is 30.3 Å². The second kappa shape index (κ2) is 6.30. The van der Waals surface area contributed by atoms with Crippen LogP contribution in [0.2, 0.25) is 0 Å². The van der Waals surface area contributed by atoms with E-state index in [4.69, 9.17) is 28.4 Å². The van der Waals surface area contributed by atoms with Crippen molar-refractivity contribution in [3.63, 3.8) is 0 Å². The summed E-state index contributed by atoms with van der Waals surface area (Å²) < 4.78 is 36.0. The predicted octanol–water partition coefficient (Wildman–Crippen LogP) is 2.60. The molecular weight excluding hydrogens is 324 g/mol. The highest BCUT2D eigenvalue weighted by Gasteiger charge is 2.59. The van der Waals surface area contributed by atoms with E-state index in [1.807, 2.05) is 58.0 Å². The molecule has 0 spiro atoms. The predicted molar refractivity (Wildman–Crippen MR) is 88.6 cm³/mol. The lowest BCUT2D eigenvalue weighted by Gasteiger charge is -2.27. The molecule has 1 aromatic rings. The molecule has 0 aromatic heterocycles. The molecule has 0 saturated carbocycles. The molecule has 25 heavy (non-hydrogen) atoms. The quantitative estimate of drug-likeness (QED) is 0.832. The van der Waals surface area contributed by atoms with Gasteiger partial charge in [0.2, 0.25) is 0 Å². The SMILES string of the molecule is CC1(C)OCC([C@H]2O[C@H](OCc3ccccc3)[C@H]3OC(C)(C)O[C@H]32)O1. The molecule has 4 rings (SSSR count). The minimum absolute atomic E-state index is 0.203. The number of hydrogen-bond donors (Lipinski definition) is 0. The Morgan fingerprint density at radius 2 is 1.64 bits per heavy atom. The molecule has 3 aliphatic heterocycles. The van der Waals surface area contributed by atoms with Gasteiger partial charge < -0.3 is 28.4 Å². The zero-order valence-electron chi connectivity index (χ0n) is 15.1. The summed E-state index contributed by atoms with van der Waals surface area (Å²) >= 11 is 0. The van der Waals surface area contributed by atoms with E-state index in [0.29, 0.717) is 13.2 Å². The van der Waals surface area contributed by atoms with Gasteiger partial charge >= 0.3 is 0 Å². The molecule has 3 fully saturated rings. The Balaban J connectivity index is 1.47. The normalized spacial score (nSPS) is 38.8. The number of hydrogen-bond acceptors (Lipinski definition) is 6. The summed E-state index contributed by atoms with van der Waals surface area (Å²) in [6.07, 6.45) is -1.50. The minimum atomic E-state index is -0.666. The van der Waals surface area contributed by atoms with Crippen LogP contribution < -0.4 is 0 Å². The molecule has 6 nitrogen and oxygen atoms in total. The fourth-order valence-corrected chi connectivity index (χ4v) is 3.65. The van der Waals surface area contributed by atoms with Gasteiger partial charge in [-0.3, -0.25) is 0 Å². The number of ether oxygens (including phenoxy) is 6. The molecule has 0 radical (unpaired) electrons. The molecule has 6 heteroatoms. The first-order chi connectivity index (χ1) is 11.8. The van der Waals surface area contributed by atoms with E-state index < -0.39 is 17.9 Å². The average Bonchev–Trinajstić information content (AvgIpc) is 3.17. The van der Waals surface area contributed by atoms with E-state index in [9.17, 15) is 0 Å². The third-order valence-electron chi connectivity index (χ3n) is 4.70. The number of benzene rings is 1. The van der Waals surface area contributed by atoms with Crippen LogP contribution in [0.4, 0.5) is 0 Å². The summed E-state index contributed by atoms with van der Waals surface area (Å²) in [7, 11) is 0. The van der Waals surface area contributed by atoms with Gasteiger partial charge in [-0.15, -0.1) is 0 Å². The topological polar surface area (TPSA) is 55.4 Å². The highest BCUT2D eigenvalue weighted by molar-refractivity contribution is 5.13. The van der Waals surface area contributed by atoms with Crippen molar-refractivity contribution < 1.29 is 28.4 Å². The van der Waals surface area contributed by atoms with Crippen LogP contribution in [-0.4, -0.2) is 48.9 Å². The molecule has 0 bridgehead atoms. The van der Waals surface area contributed by atoms with Crippen LogP contribution >= 0.6 is 0 Å². The van der Waals surface area contributed by atoms with Crippen molar-refractivity contribution in [2.45, 2.75) is 76.6 Å². The summed E-state index contributed by atoms with van der Waals surface area (Å²) in [5.74, 6) is -1.28. The van der Waals surface area contributed by atoms with E-state index in [2.05, 4.69) is 0 Å². The van der Waals surface area contributed by atoms with Crippen molar-refractivity contribution in [2.24, 2.45) is 0 Å². The van der Waals surface area contributed by atoms with E-state index in [0.717, 1.165) is 5.56 Å². The van der Waals surface area contributed by atoms with E-state index in [1.54, 1.807) is 0 Å². The van der Waals surface area contributed by atoms with Crippen molar-refractivity contribution >= 4 is 0 Å². The Labute approximate surface area is 148 Å². The molecule has 3 heterocycles. The minimum Gasteiger partial charge on any atom is -0.348 e. The standard InChI is InChI=1S/C19H26O6/c1-18(2)21-11-13(23-18)14-15-16(25-19(3,4)24-15)17(22-14)20-10-12-8-6-5-7-9-12/h5-9,13-17H,10-11H2,1-4H3/t13?,14-,15+,16+,17+/m1/s1. The van der Waals surface area contributed by atoms with Crippen LogP contribution in [0.5, 0.6) is 0 Å². The molecule has 0 amide bonds. The summed E-state index contributed by atoms with van der Waals surface area (Å²) in [6.45, 7) is 8.55. The van der Waals surface area contributed by atoms with Crippen molar-refractivity contribution in [3.05, 3.63) is 35.9 Å². The molecule has 1 unspecified atom stereocenters. The highest BCUT2D eigenvalue weighted by Crippen LogP contribution is 2.42. The second-order valence-corrected chi connectivity index (χ2v) is 7.70. The molecule has 5 atom stereocenters. The third-order valence-corrected chi connectivity index (χ3v) is 4.70. The third kappa shape index (κ3) is 3.60. The van der Waals surface area contributed by atoms with Crippen molar-refractivity contribution in [1.29, 1.82) is 0 Å². The van der Waals surface area contributed by atoms with Gasteiger partial charge in [0.05, 0.1) is 13.2 Å². The van der Waals surface area contributed by atoms with Crippen LogP contribution in [0.1, 0.15) is 33.3 Å². The lowest BCUT2D eigenvalue weighted by molar-refractivity contribution is -0.250. The summed E-state index contributed by atoms with van der Waals surface area (Å²) in [4.78, 5) is 0. The fraction of sp³-hybridized carbons (Fsp3) is 0.684. The van der Waals surface area contributed by atoms with Crippen LogP contribution in [0.3, 0.4) is 0 Å². The first-order valence-corrected chi connectivity index (χ1v) is 8.81. The van der Waals surface area contributed by atoms with Crippen molar-refractivity contribution in [2.75, 3.05) is 6.61 Å². The zero-order chi connectivity index (χ0) is 17.7. The van der Waals surface area contributed by atoms with Gasteiger partial charge in [-0.2, -0.15) is 0 Å². The van der Waals surface area contributed by atoms with E-state index in [-0.39, 0.29) is 24.4 Å². The number of fused-ring (bicyclic) bond motifs is 1. The van der Waals surface area contributed by atoms with Crippen LogP contribution in [0.25, 0.3) is 0 Å². The van der Waals surface area contributed by atoms with Crippen LogP contribution in [-0.2, 0) is 35.0 Å². The zero-order valence-corrected chi connectivity index (χ0v) is 15.1. The van der Waals surface area contributed by atoms with Gasteiger partial charge in [0.15, 0.2) is 17.9 Å². The smallest absolute Gasteiger partial charge is 0.187 e. The highest BCUT2D eigenvalue weighted by atomic mass is 16.8. The first-order valence-electron chi connectivity index (χ1n) is 8.81. The monoisotopic (exact) mass is 350 g/mol. The Morgan fingerprint density at radius 1 is 0.920 bits per heavy atom. The Morgan fingerprint density at radius 3 is 2.32 bits per heavy atom. The summed E-state index contributed by atoms with van der Waals surface area (Å²) in [5.41, 5.74) is 1.09. The van der Waals surface area contributed by atoms with Crippen molar-refractivity contribution in [1.82, 2.24) is 0 Å². The summed E-state index contributed by atoms with van der Waals surface area (Å²) in [6, 6.07) is 10.0.